The summed E-state index contributed by atoms with van der Waals surface area (Å²) >= 11 is 1.52. The van der Waals surface area contributed by atoms with Crippen molar-refractivity contribution in [2.24, 2.45) is 0 Å². The van der Waals surface area contributed by atoms with Crippen molar-refractivity contribution < 1.29 is 4.79 Å². The maximum absolute atomic E-state index is 12.6. The molecule has 2 aliphatic heterocycles. The van der Waals surface area contributed by atoms with Crippen LogP contribution in [0.1, 0.15) is 58.4 Å². The van der Waals surface area contributed by atoms with Crippen molar-refractivity contribution in [2.75, 3.05) is 13.1 Å². The van der Waals surface area contributed by atoms with Gasteiger partial charge in [-0.3, -0.25) is 4.79 Å². The number of hydrogen-bond acceptors (Lipinski definition) is 5. The van der Waals surface area contributed by atoms with Gasteiger partial charge in [-0.2, -0.15) is 0 Å². The maximum Gasteiger partial charge on any atom is 0.265 e. The van der Waals surface area contributed by atoms with Gasteiger partial charge in [0.05, 0.1) is 11.2 Å². The van der Waals surface area contributed by atoms with Gasteiger partial charge in [0, 0.05) is 32.0 Å². The van der Waals surface area contributed by atoms with Crippen LogP contribution in [-0.2, 0) is 19.4 Å². The molecule has 0 unspecified atom stereocenters. The molecule has 2 aliphatic rings. The molecule has 0 radical (unpaired) electrons. The van der Waals surface area contributed by atoms with Crippen LogP contribution >= 0.6 is 11.3 Å². The van der Waals surface area contributed by atoms with Crippen molar-refractivity contribution in [1.29, 1.82) is 0 Å². The highest BCUT2D eigenvalue weighted by Crippen LogP contribution is 2.30. The number of nitrogens with zero attached hydrogens (tertiary/aromatic N) is 5. The molecular weight excluding hydrogens is 310 g/mol. The van der Waals surface area contributed by atoms with Gasteiger partial charge in [0.15, 0.2) is 0 Å². The third-order valence-corrected chi connectivity index (χ3v) is 5.98. The van der Waals surface area contributed by atoms with Gasteiger partial charge in [-0.05, 0) is 25.7 Å². The Balaban J connectivity index is 1.41. The first kappa shape index (κ1) is 14.8. The molecule has 0 N–H and O–H groups in total. The van der Waals surface area contributed by atoms with E-state index in [1.54, 1.807) is 6.20 Å². The van der Waals surface area contributed by atoms with Gasteiger partial charge in [-0.1, -0.05) is 6.92 Å². The highest BCUT2D eigenvalue weighted by atomic mass is 32.1. The predicted octanol–water partition coefficient (Wildman–Crippen LogP) is 2.26. The fraction of sp³-hybridized carbons (Fsp3) is 0.625. The summed E-state index contributed by atoms with van der Waals surface area (Å²) in [6, 6.07) is 0. The zero-order valence-corrected chi connectivity index (χ0v) is 14.2. The van der Waals surface area contributed by atoms with Crippen molar-refractivity contribution >= 4 is 17.2 Å². The number of aryl methyl sites for hydroxylation is 2. The lowest BCUT2D eigenvalue weighted by Gasteiger charge is -2.31. The molecule has 2 aromatic heterocycles. The van der Waals surface area contributed by atoms with Crippen LogP contribution in [0.3, 0.4) is 0 Å². The summed E-state index contributed by atoms with van der Waals surface area (Å²) in [6.45, 7) is 4.71. The number of rotatable bonds is 3. The Morgan fingerprint density at radius 2 is 2.13 bits per heavy atom. The van der Waals surface area contributed by atoms with Gasteiger partial charge < -0.3 is 9.47 Å². The summed E-state index contributed by atoms with van der Waals surface area (Å²) in [5.74, 6) is 2.84. The minimum atomic E-state index is 0.132. The normalized spacial score (nSPS) is 18.4. The number of fused-ring (bicyclic) bond motifs is 1. The molecule has 0 bridgehead atoms. The standard InChI is InChI=1S/C16H21N5OS/c1-2-14-17-10-12(23-14)16(22)20-8-5-11(6-9-20)15-19-18-13-4-3-7-21(13)15/h10-11H,2-9H2,1H3. The molecule has 0 aliphatic carbocycles. The number of amides is 1. The van der Waals surface area contributed by atoms with Gasteiger partial charge in [-0.25, -0.2) is 4.98 Å². The van der Waals surface area contributed by atoms with Gasteiger partial charge in [0.2, 0.25) is 0 Å². The van der Waals surface area contributed by atoms with Crippen LogP contribution in [0.2, 0.25) is 0 Å². The molecule has 2 aromatic rings. The molecule has 7 heteroatoms. The summed E-state index contributed by atoms with van der Waals surface area (Å²) in [6.07, 6.45) is 6.80. The number of hydrogen-bond donors (Lipinski definition) is 0. The van der Waals surface area contributed by atoms with Gasteiger partial charge >= 0.3 is 0 Å². The summed E-state index contributed by atoms with van der Waals surface area (Å²) in [4.78, 5) is 19.6. The van der Waals surface area contributed by atoms with Gasteiger partial charge in [0.1, 0.15) is 16.5 Å². The molecule has 0 saturated carbocycles. The van der Waals surface area contributed by atoms with E-state index in [9.17, 15) is 4.79 Å². The molecule has 23 heavy (non-hydrogen) atoms. The molecule has 122 valence electrons. The molecule has 1 amide bonds. The van der Waals surface area contributed by atoms with Crippen LogP contribution in [0.4, 0.5) is 0 Å². The molecule has 6 nitrogen and oxygen atoms in total. The van der Waals surface area contributed by atoms with Crippen LogP contribution in [0.25, 0.3) is 0 Å². The third-order valence-electron chi connectivity index (χ3n) is 4.85. The smallest absolute Gasteiger partial charge is 0.265 e. The second kappa shape index (κ2) is 6.03. The van der Waals surface area contributed by atoms with Crippen molar-refractivity contribution in [3.63, 3.8) is 0 Å². The highest BCUT2D eigenvalue weighted by molar-refractivity contribution is 7.13. The largest absolute Gasteiger partial charge is 0.338 e. The molecular formula is C16H21N5OS. The summed E-state index contributed by atoms with van der Waals surface area (Å²) in [5, 5.41) is 9.75. The summed E-state index contributed by atoms with van der Waals surface area (Å²) < 4.78 is 2.29. The van der Waals surface area contributed by atoms with Crippen molar-refractivity contribution in [1.82, 2.24) is 24.6 Å². The lowest BCUT2D eigenvalue weighted by atomic mass is 9.96. The van der Waals surface area contributed by atoms with Crippen molar-refractivity contribution in [2.45, 2.75) is 51.5 Å². The van der Waals surface area contributed by atoms with Crippen LogP contribution in [-0.4, -0.2) is 43.6 Å². The fourth-order valence-corrected chi connectivity index (χ4v) is 4.37. The Bertz CT molecular complexity index is 714. The Kier molecular flexibility index (Phi) is 3.88. The number of thiazole rings is 1. The van der Waals surface area contributed by atoms with E-state index in [1.807, 2.05) is 4.90 Å². The maximum atomic E-state index is 12.6. The lowest BCUT2D eigenvalue weighted by Crippen LogP contribution is -2.38. The van der Waals surface area contributed by atoms with E-state index in [4.69, 9.17) is 0 Å². The average molecular weight is 331 g/mol. The first-order chi connectivity index (χ1) is 11.3. The Labute approximate surface area is 139 Å². The summed E-state index contributed by atoms with van der Waals surface area (Å²) in [5.41, 5.74) is 0. The number of carbonyl (C=O) groups is 1. The lowest BCUT2D eigenvalue weighted by molar-refractivity contribution is 0.0715. The fourth-order valence-electron chi connectivity index (χ4n) is 3.54. The second-order valence-corrected chi connectivity index (χ2v) is 7.38. The minimum absolute atomic E-state index is 0.132. The quantitative estimate of drug-likeness (QED) is 0.865. The molecule has 1 saturated heterocycles. The van der Waals surface area contributed by atoms with Crippen molar-refractivity contribution in [3.05, 3.63) is 27.7 Å². The number of carbonyl (C=O) groups excluding carboxylic acids is 1. The summed E-state index contributed by atoms with van der Waals surface area (Å²) in [7, 11) is 0. The van der Waals surface area contributed by atoms with E-state index < -0.39 is 0 Å². The zero-order chi connectivity index (χ0) is 15.8. The first-order valence-electron chi connectivity index (χ1n) is 8.42. The van der Waals surface area contributed by atoms with E-state index in [0.717, 1.165) is 66.9 Å². The third kappa shape index (κ3) is 2.67. The highest BCUT2D eigenvalue weighted by Gasteiger charge is 2.30. The van der Waals surface area contributed by atoms with Gasteiger partial charge in [-0.15, -0.1) is 21.5 Å². The number of likely N-dealkylation sites (tertiary alicyclic amines) is 1. The van der Waals surface area contributed by atoms with Crippen molar-refractivity contribution in [3.8, 4) is 0 Å². The van der Waals surface area contributed by atoms with Crippen LogP contribution in [0.5, 0.6) is 0 Å². The first-order valence-corrected chi connectivity index (χ1v) is 9.24. The van der Waals surface area contributed by atoms with E-state index in [1.165, 1.54) is 17.8 Å². The predicted molar refractivity (Wildman–Crippen MR) is 87.7 cm³/mol. The SMILES string of the molecule is CCc1ncc(C(=O)N2CCC(c3nnc4n3CCC4)CC2)s1. The molecule has 4 heterocycles. The van der Waals surface area contributed by atoms with Gasteiger partial charge in [0.25, 0.3) is 5.91 Å². The van der Waals surface area contributed by atoms with E-state index in [-0.39, 0.29) is 5.91 Å². The molecule has 0 atom stereocenters. The van der Waals surface area contributed by atoms with Crippen LogP contribution in [0.15, 0.2) is 6.20 Å². The molecule has 0 aromatic carbocycles. The monoisotopic (exact) mass is 331 g/mol. The molecule has 4 rings (SSSR count). The molecule has 0 spiro atoms. The van der Waals surface area contributed by atoms with E-state index >= 15 is 0 Å². The Morgan fingerprint density at radius 3 is 2.87 bits per heavy atom. The Morgan fingerprint density at radius 1 is 1.30 bits per heavy atom. The van der Waals surface area contributed by atoms with Crippen LogP contribution < -0.4 is 0 Å². The topological polar surface area (TPSA) is 63.9 Å². The second-order valence-electron chi connectivity index (χ2n) is 6.27. The average Bonchev–Trinajstić information content (AvgIpc) is 3.30. The van der Waals surface area contributed by atoms with Crippen LogP contribution in [0, 0.1) is 0 Å². The minimum Gasteiger partial charge on any atom is -0.338 e. The number of piperidine rings is 1. The molecule has 1 fully saturated rings. The number of aromatic nitrogens is 4. The van der Waals surface area contributed by atoms with E-state index in [0.29, 0.717) is 5.92 Å². The zero-order valence-electron chi connectivity index (χ0n) is 13.4. The Hall–Kier alpha value is -1.76. The van der Waals surface area contributed by atoms with E-state index in [2.05, 4.69) is 26.7 Å².